The van der Waals surface area contributed by atoms with Crippen molar-refractivity contribution in [3.63, 3.8) is 0 Å². The lowest BCUT2D eigenvalue weighted by Crippen LogP contribution is -2.56. The number of carboxylic acid groups (broad SMARTS) is 1. The summed E-state index contributed by atoms with van der Waals surface area (Å²) in [6.07, 6.45) is 8.50. The number of aliphatic carboxylic acids is 1. The van der Waals surface area contributed by atoms with Crippen LogP contribution in [0.3, 0.4) is 0 Å². The van der Waals surface area contributed by atoms with Crippen molar-refractivity contribution in [2.75, 3.05) is 11.5 Å². The van der Waals surface area contributed by atoms with Gasteiger partial charge in [0.25, 0.3) is 0 Å². The Bertz CT molecular complexity index is 808. The highest BCUT2D eigenvalue weighted by molar-refractivity contribution is 7.99. The fourth-order valence-corrected chi connectivity index (χ4v) is 4.00. The first kappa shape index (κ1) is 33.7. The molecule has 0 aliphatic carbocycles. The van der Waals surface area contributed by atoms with E-state index in [1.54, 1.807) is 20.8 Å². The molecule has 0 bridgehead atoms. The lowest BCUT2D eigenvalue weighted by Gasteiger charge is -2.25. The number of carboxylic acids is 1. The van der Waals surface area contributed by atoms with Crippen molar-refractivity contribution in [3.8, 4) is 0 Å². The van der Waals surface area contributed by atoms with E-state index in [-0.39, 0.29) is 5.75 Å². The molecule has 0 aromatic heterocycles. The molecular formula is C27H46N2O6S. The van der Waals surface area contributed by atoms with Crippen molar-refractivity contribution in [1.29, 1.82) is 0 Å². The Labute approximate surface area is 221 Å². The van der Waals surface area contributed by atoms with Gasteiger partial charge >= 0.3 is 12.1 Å². The summed E-state index contributed by atoms with van der Waals surface area (Å²) in [5.74, 6) is -1.22. The summed E-state index contributed by atoms with van der Waals surface area (Å²) in [7, 11) is 0. The quantitative estimate of drug-likeness (QED) is 0.175. The third-order valence-corrected chi connectivity index (χ3v) is 5.98. The van der Waals surface area contributed by atoms with Crippen LogP contribution in [0.2, 0.25) is 0 Å². The smallest absolute Gasteiger partial charge is 0.408 e. The van der Waals surface area contributed by atoms with E-state index >= 15 is 0 Å². The van der Waals surface area contributed by atoms with Crippen molar-refractivity contribution < 1.29 is 29.3 Å². The van der Waals surface area contributed by atoms with Crippen molar-refractivity contribution in [3.05, 3.63) is 34.9 Å². The van der Waals surface area contributed by atoms with Gasteiger partial charge < -0.3 is 25.6 Å². The zero-order valence-corrected chi connectivity index (χ0v) is 24.0. The fraction of sp³-hybridized carbons (Fsp3) is 0.667. The van der Waals surface area contributed by atoms with Gasteiger partial charge in [0.2, 0.25) is 5.91 Å². The second kappa shape index (κ2) is 17.2. The van der Waals surface area contributed by atoms with Gasteiger partial charge in [-0.25, -0.2) is 9.59 Å². The number of ether oxygens (including phenoxy) is 1. The Morgan fingerprint density at radius 2 is 1.50 bits per heavy atom. The van der Waals surface area contributed by atoms with Gasteiger partial charge in [-0.2, -0.15) is 11.8 Å². The molecule has 36 heavy (non-hydrogen) atoms. The van der Waals surface area contributed by atoms with Gasteiger partial charge in [-0.3, -0.25) is 4.79 Å². The molecular weight excluding hydrogens is 480 g/mol. The van der Waals surface area contributed by atoms with Crippen LogP contribution in [0.5, 0.6) is 0 Å². The van der Waals surface area contributed by atoms with Gasteiger partial charge in [0, 0.05) is 11.5 Å². The highest BCUT2D eigenvalue weighted by Gasteiger charge is 2.31. The van der Waals surface area contributed by atoms with Crippen LogP contribution in [0, 0.1) is 0 Å². The summed E-state index contributed by atoms with van der Waals surface area (Å²) in [5.41, 5.74) is 3.16. The Kier molecular flexibility index (Phi) is 16.2. The molecule has 2 amide bonds. The van der Waals surface area contributed by atoms with E-state index in [1.807, 2.05) is 0 Å². The number of rotatable bonds is 15. The van der Waals surface area contributed by atoms with E-state index in [0.717, 1.165) is 25.7 Å². The Morgan fingerprint density at radius 1 is 0.944 bits per heavy atom. The van der Waals surface area contributed by atoms with Crippen molar-refractivity contribution >= 4 is 29.7 Å². The van der Waals surface area contributed by atoms with Crippen LogP contribution in [-0.2, 0) is 14.3 Å². The molecule has 0 heterocycles. The standard InChI is InChI=1S/C27H46N2O6S/c1-18(2)11-9-12-19(3)13-10-14-20(4)15-16-36-17-22(25(32)33)28-24(31)23(21(5)30)29-26(34)35-27(6,7)8/h11,13,15,21-23,30H,9-10,12,14,16-17H2,1-8H3,(H,28,31)(H,29,34)(H,32,33)/t21?,22-,23-/m0/s1. The van der Waals surface area contributed by atoms with Crippen LogP contribution >= 0.6 is 11.8 Å². The predicted octanol–water partition coefficient (Wildman–Crippen LogP) is 4.98. The third kappa shape index (κ3) is 17.2. The minimum Gasteiger partial charge on any atom is -0.480 e. The van der Waals surface area contributed by atoms with Gasteiger partial charge in [-0.05, 0) is 81.1 Å². The maximum atomic E-state index is 12.6. The highest BCUT2D eigenvalue weighted by Crippen LogP contribution is 2.13. The first-order chi connectivity index (χ1) is 16.6. The molecule has 0 fully saturated rings. The molecule has 206 valence electrons. The molecule has 3 atom stereocenters. The molecule has 0 aromatic rings. The van der Waals surface area contributed by atoms with Gasteiger partial charge in [0.15, 0.2) is 0 Å². The average molecular weight is 527 g/mol. The summed E-state index contributed by atoms with van der Waals surface area (Å²) in [4.78, 5) is 36.2. The number of thioether (sulfide) groups is 1. The predicted molar refractivity (Wildman–Crippen MR) is 147 cm³/mol. The number of allylic oxidation sites excluding steroid dienone is 5. The van der Waals surface area contributed by atoms with Gasteiger partial charge in [-0.15, -0.1) is 0 Å². The van der Waals surface area contributed by atoms with Crippen LogP contribution < -0.4 is 10.6 Å². The van der Waals surface area contributed by atoms with E-state index in [1.165, 1.54) is 35.4 Å². The van der Waals surface area contributed by atoms with Crippen molar-refractivity contribution in [1.82, 2.24) is 10.6 Å². The lowest BCUT2D eigenvalue weighted by molar-refractivity contribution is -0.141. The summed E-state index contributed by atoms with van der Waals surface area (Å²) >= 11 is 1.39. The number of carbonyl (C=O) groups excluding carboxylic acids is 2. The maximum Gasteiger partial charge on any atom is 0.408 e. The molecule has 0 saturated carbocycles. The molecule has 0 aliphatic rings. The van der Waals surface area contributed by atoms with Gasteiger partial charge in [-0.1, -0.05) is 34.9 Å². The Hall–Kier alpha value is -2.26. The number of aliphatic hydroxyl groups excluding tert-OH is 1. The molecule has 0 rings (SSSR count). The third-order valence-electron chi connectivity index (χ3n) is 5.01. The van der Waals surface area contributed by atoms with Crippen LogP contribution in [0.25, 0.3) is 0 Å². The molecule has 0 radical (unpaired) electrons. The number of carbonyl (C=O) groups is 3. The molecule has 4 N–H and O–H groups in total. The maximum absolute atomic E-state index is 12.6. The van der Waals surface area contributed by atoms with E-state index in [0.29, 0.717) is 5.75 Å². The number of hydrogen-bond donors (Lipinski definition) is 4. The first-order valence-electron chi connectivity index (χ1n) is 12.4. The summed E-state index contributed by atoms with van der Waals surface area (Å²) in [6.45, 7) is 14.8. The molecule has 9 heteroatoms. The highest BCUT2D eigenvalue weighted by atomic mass is 32.2. The molecule has 0 spiro atoms. The molecule has 8 nitrogen and oxygen atoms in total. The Balaban J connectivity index is 4.69. The number of nitrogens with one attached hydrogen (secondary N) is 2. The van der Waals surface area contributed by atoms with Gasteiger partial charge in [0.05, 0.1) is 6.10 Å². The van der Waals surface area contributed by atoms with E-state index in [9.17, 15) is 24.6 Å². The fourth-order valence-electron chi connectivity index (χ4n) is 3.00. The lowest BCUT2D eigenvalue weighted by atomic mass is 10.1. The number of aliphatic hydroxyl groups is 1. The Morgan fingerprint density at radius 3 is 2.00 bits per heavy atom. The largest absolute Gasteiger partial charge is 0.480 e. The summed E-state index contributed by atoms with van der Waals surface area (Å²) in [5, 5.41) is 24.2. The zero-order valence-electron chi connectivity index (χ0n) is 23.1. The summed E-state index contributed by atoms with van der Waals surface area (Å²) < 4.78 is 5.12. The molecule has 0 aliphatic heterocycles. The minimum absolute atomic E-state index is 0.146. The van der Waals surface area contributed by atoms with E-state index < -0.39 is 41.8 Å². The first-order valence-corrected chi connectivity index (χ1v) is 13.5. The topological polar surface area (TPSA) is 125 Å². The average Bonchev–Trinajstić information content (AvgIpc) is 2.72. The SMILES string of the molecule is CC(C)=CCCC(C)=CCCC(C)=CCSC[C@H](NC(=O)[C@@H](NC(=O)OC(C)(C)C)C(C)O)C(=O)O. The normalized spacial score (nSPS) is 14.9. The zero-order chi connectivity index (χ0) is 27.9. The van der Waals surface area contributed by atoms with Crippen LogP contribution in [-0.4, -0.2) is 63.5 Å². The van der Waals surface area contributed by atoms with Crippen molar-refractivity contribution in [2.24, 2.45) is 0 Å². The monoisotopic (exact) mass is 526 g/mol. The van der Waals surface area contributed by atoms with Gasteiger partial charge in [0.1, 0.15) is 17.7 Å². The molecule has 0 saturated heterocycles. The van der Waals surface area contributed by atoms with E-state index in [2.05, 4.69) is 56.6 Å². The second-order valence-corrected chi connectivity index (χ2v) is 11.3. The van der Waals surface area contributed by atoms with Crippen LogP contribution in [0.15, 0.2) is 34.9 Å². The van der Waals surface area contributed by atoms with Crippen molar-refractivity contribution in [2.45, 2.75) is 105 Å². The summed E-state index contributed by atoms with van der Waals surface area (Å²) in [6, 6.07) is -2.50. The number of hydrogen-bond acceptors (Lipinski definition) is 6. The van der Waals surface area contributed by atoms with Crippen LogP contribution in [0.4, 0.5) is 4.79 Å². The minimum atomic E-state index is -1.34. The number of amides is 2. The molecule has 0 aromatic carbocycles. The van der Waals surface area contributed by atoms with E-state index in [4.69, 9.17) is 4.74 Å². The second-order valence-electron chi connectivity index (χ2n) is 10.3. The number of alkyl carbamates (subject to hydrolysis) is 1. The van der Waals surface area contributed by atoms with Crippen LogP contribution in [0.1, 0.15) is 81.1 Å². The molecule has 1 unspecified atom stereocenters.